The van der Waals surface area contributed by atoms with Gasteiger partial charge in [0.2, 0.25) is 0 Å². The van der Waals surface area contributed by atoms with Crippen molar-refractivity contribution < 1.29 is 0 Å². The summed E-state index contributed by atoms with van der Waals surface area (Å²) in [5, 5.41) is 15.1. The van der Waals surface area contributed by atoms with Gasteiger partial charge in [-0.1, -0.05) is 146 Å². The van der Waals surface area contributed by atoms with Crippen LogP contribution in [0.1, 0.15) is 0 Å². The van der Waals surface area contributed by atoms with Gasteiger partial charge in [-0.25, -0.2) is 9.36 Å². The number of rotatable bonds is 6. The van der Waals surface area contributed by atoms with Gasteiger partial charge in [0.15, 0.2) is 0 Å². The van der Waals surface area contributed by atoms with Gasteiger partial charge < -0.3 is 0 Å². The molecule has 0 saturated carbocycles. The van der Waals surface area contributed by atoms with Crippen LogP contribution in [0.25, 0.3) is 77.9 Å². The van der Waals surface area contributed by atoms with Crippen LogP contribution in [0.15, 0.2) is 182 Å². The summed E-state index contributed by atoms with van der Waals surface area (Å²) in [5.74, 6) is 0. The van der Waals surface area contributed by atoms with E-state index >= 15 is 0 Å². The summed E-state index contributed by atoms with van der Waals surface area (Å²) >= 11 is 0. The molecule has 0 atom stereocenters. The van der Waals surface area contributed by atoms with Gasteiger partial charge in [-0.15, -0.1) is 0 Å². The largest absolute Gasteiger partial charge is 0.232 e. The Bertz CT molecular complexity index is 2350. The molecule has 7 aromatic carbocycles. The van der Waals surface area contributed by atoms with Gasteiger partial charge in [0, 0.05) is 22.3 Å². The summed E-state index contributed by atoms with van der Waals surface area (Å²) in [5.41, 5.74) is 10.4. The van der Waals surface area contributed by atoms with Crippen LogP contribution < -0.4 is 0 Å². The Morgan fingerprint density at radius 2 is 0.708 bits per heavy atom. The third-order valence-corrected chi connectivity index (χ3v) is 9.03. The zero-order chi connectivity index (χ0) is 31.9. The summed E-state index contributed by atoms with van der Waals surface area (Å²) in [6, 6.07) is 63.7. The first-order valence-corrected chi connectivity index (χ1v) is 16.2. The topological polar surface area (TPSA) is 35.6 Å². The molecular formula is C44H30N4. The molecule has 0 aliphatic heterocycles. The van der Waals surface area contributed by atoms with Gasteiger partial charge >= 0.3 is 0 Å². The minimum Gasteiger partial charge on any atom is -0.232 e. The van der Waals surface area contributed by atoms with E-state index < -0.39 is 0 Å². The first-order valence-electron chi connectivity index (χ1n) is 16.2. The Labute approximate surface area is 278 Å². The van der Waals surface area contributed by atoms with E-state index in [1.54, 1.807) is 0 Å². The van der Waals surface area contributed by atoms with Crippen LogP contribution in [0.5, 0.6) is 0 Å². The number of hydrogen-bond acceptors (Lipinski definition) is 2. The minimum absolute atomic E-state index is 0.941. The van der Waals surface area contributed by atoms with Crippen LogP contribution >= 0.6 is 0 Å². The summed E-state index contributed by atoms with van der Waals surface area (Å²) in [4.78, 5) is 0. The molecule has 0 amide bonds. The molecule has 0 N–H and O–H groups in total. The van der Waals surface area contributed by atoms with E-state index in [1.807, 2.05) is 12.1 Å². The van der Waals surface area contributed by atoms with Crippen molar-refractivity contribution in [3.05, 3.63) is 182 Å². The van der Waals surface area contributed by atoms with Crippen molar-refractivity contribution in [2.24, 2.45) is 0 Å². The zero-order valence-electron chi connectivity index (χ0n) is 26.1. The Hall–Kier alpha value is -6.52. The smallest absolute Gasteiger partial charge is 0.0940 e. The molecule has 4 heteroatoms. The van der Waals surface area contributed by atoms with E-state index in [-0.39, 0.29) is 0 Å². The molecular weight excluding hydrogens is 585 g/mol. The fraction of sp³-hybridized carbons (Fsp3) is 0. The molecule has 0 bridgehead atoms. The van der Waals surface area contributed by atoms with Crippen LogP contribution in [-0.4, -0.2) is 19.6 Å². The monoisotopic (exact) mass is 614 g/mol. The van der Waals surface area contributed by atoms with E-state index in [4.69, 9.17) is 10.2 Å². The number of nitrogens with zero attached hydrogens (tertiary/aromatic N) is 4. The quantitative estimate of drug-likeness (QED) is 0.187. The van der Waals surface area contributed by atoms with Crippen LogP contribution in [0.4, 0.5) is 0 Å². The predicted octanol–water partition coefficient (Wildman–Crippen LogP) is 11.0. The predicted molar refractivity (Wildman–Crippen MR) is 197 cm³/mol. The van der Waals surface area contributed by atoms with Crippen molar-refractivity contribution in [2.45, 2.75) is 0 Å². The molecule has 0 saturated heterocycles. The molecule has 226 valence electrons. The lowest BCUT2D eigenvalue weighted by atomic mass is 10.0. The van der Waals surface area contributed by atoms with Crippen molar-refractivity contribution in [2.75, 3.05) is 0 Å². The minimum atomic E-state index is 0.941. The molecule has 0 aliphatic rings. The Balaban J connectivity index is 1.17. The van der Waals surface area contributed by atoms with Crippen molar-refractivity contribution in [1.29, 1.82) is 0 Å². The van der Waals surface area contributed by atoms with Gasteiger partial charge in [0.1, 0.15) is 0 Å². The van der Waals surface area contributed by atoms with Crippen LogP contribution in [0, 0.1) is 0 Å². The van der Waals surface area contributed by atoms with Crippen molar-refractivity contribution in [1.82, 2.24) is 19.6 Å². The maximum atomic E-state index is 5.18. The highest BCUT2D eigenvalue weighted by molar-refractivity contribution is 5.97. The highest BCUT2D eigenvalue weighted by Crippen LogP contribution is 2.36. The maximum Gasteiger partial charge on any atom is 0.0940 e. The lowest BCUT2D eigenvalue weighted by molar-refractivity contribution is 0.890. The number of fused-ring (bicyclic) bond motifs is 2. The summed E-state index contributed by atoms with van der Waals surface area (Å²) in [7, 11) is 0. The molecule has 9 aromatic rings. The van der Waals surface area contributed by atoms with E-state index in [9.17, 15) is 0 Å². The first kappa shape index (κ1) is 27.8. The van der Waals surface area contributed by atoms with E-state index in [1.165, 1.54) is 21.5 Å². The third kappa shape index (κ3) is 4.88. The summed E-state index contributed by atoms with van der Waals surface area (Å²) in [6.45, 7) is 0. The van der Waals surface area contributed by atoms with E-state index in [0.717, 1.165) is 56.4 Å². The van der Waals surface area contributed by atoms with E-state index in [0.29, 0.717) is 0 Å². The summed E-state index contributed by atoms with van der Waals surface area (Å²) < 4.78 is 4.11. The van der Waals surface area contributed by atoms with Gasteiger partial charge in [0.05, 0.1) is 34.2 Å². The molecule has 0 fully saturated rings. The standard InChI is InChI=1S/C44H30N4/c1-3-17-35(18-4-1)47-43(29-41(45-47)39-23-11-15-31-13-7-9-21-37(31)39)33-25-27-34(28-26-33)44-30-42(46-48(44)36-19-5-2-6-20-36)40-24-12-16-32-14-8-10-22-38(32)40/h1-30H. The second kappa shape index (κ2) is 11.7. The zero-order valence-corrected chi connectivity index (χ0v) is 26.1. The van der Waals surface area contributed by atoms with Gasteiger partial charge in [0.25, 0.3) is 0 Å². The maximum absolute atomic E-state index is 5.18. The average Bonchev–Trinajstić information content (AvgIpc) is 3.81. The lowest BCUT2D eigenvalue weighted by Gasteiger charge is -2.10. The average molecular weight is 615 g/mol. The van der Waals surface area contributed by atoms with Crippen molar-refractivity contribution in [3.63, 3.8) is 0 Å². The van der Waals surface area contributed by atoms with Crippen molar-refractivity contribution in [3.8, 4) is 56.4 Å². The number of hydrogen-bond donors (Lipinski definition) is 0. The number of para-hydroxylation sites is 2. The summed E-state index contributed by atoms with van der Waals surface area (Å²) in [6.07, 6.45) is 0. The van der Waals surface area contributed by atoms with Gasteiger partial charge in [-0.05, 0) is 57.9 Å². The molecule has 48 heavy (non-hydrogen) atoms. The van der Waals surface area contributed by atoms with Crippen molar-refractivity contribution >= 4 is 21.5 Å². The fourth-order valence-electron chi connectivity index (χ4n) is 6.68. The SMILES string of the molecule is c1ccc(-n2nc(-c3cccc4ccccc34)cc2-c2ccc(-c3cc(-c4cccc5ccccc45)nn3-c3ccccc3)cc2)cc1. The fourth-order valence-corrected chi connectivity index (χ4v) is 6.68. The molecule has 9 rings (SSSR count). The van der Waals surface area contributed by atoms with Gasteiger partial charge in [-0.3, -0.25) is 0 Å². The van der Waals surface area contributed by atoms with E-state index in [2.05, 4.69) is 179 Å². The van der Waals surface area contributed by atoms with Gasteiger partial charge in [-0.2, -0.15) is 10.2 Å². The van der Waals surface area contributed by atoms with Crippen LogP contribution in [0.2, 0.25) is 0 Å². The highest BCUT2D eigenvalue weighted by Gasteiger charge is 2.18. The molecule has 0 spiro atoms. The van der Waals surface area contributed by atoms with Crippen LogP contribution in [-0.2, 0) is 0 Å². The Morgan fingerprint density at radius 1 is 0.333 bits per heavy atom. The first-order chi connectivity index (χ1) is 23.8. The second-order valence-corrected chi connectivity index (χ2v) is 12.0. The molecule has 2 heterocycles. The molecule has 0 radical (unpaired) electrons. The molecule has 2 aromatic heterocycles. The second-order valence-electron chi connectivity index (χ2n) is 12.0. The number of aromatic nitrogens is 4. The lowest BCUT2D eigenvalue weighted by Crippen LogP contribution is -2.00. The Kier molecular flexibility index (Phi) is 6.76. The normalized spacial score (nSPS) is 11.3. The molecule has 0 unspecified atom stereocenters. The molecule has 4 nitrogen and oxygen atoms in total. The highest BCUT2D eigenvalue weighted by atomic mass is 15.3. The third-order valence-electron chi connectivity index (χ3n) is 9.03. The van der Waals surface area contributed by atoms with Crippen LogP contribution in [0.3, 0.4) is 0 Å². The molecule has 0 aliphatic carbocycles. The number of benzene rings is 7. The Morgan fingerprint density at radius 3 is 1.15 bits per heavy atom.